The summed E-state index contributed by atoms with van der Waals surface area (Å²) in [6, 6.07) is 11.0. The van der Waals surface area contributed by atoms with E-state index >= 15 is 0 Å². The van der Waals surface area contributed by atoms with Gasteiger partial charge in [-0.25, -0.2) is 17.7 Å². The van der Waals surface area contributed by atoms with E-state index in [0.29, 0.717) is 24.3 Å². The van der Waals surface area contributed by atoms with Gasteiger partial charge in [0.1, 0.15) is 10.7 Å². The molecule has 0 spiro atoms. The van der Waals surface area contributed by atoms with Gasteiger partial charge in [0.25, 0.3) is 5.91 Å². The zero-order chi connectivity index (χ0) is 23.0. The molecule has 1 atom stereocenters. The van der Waals surface area contributed by atoms with Crippen LogP contribution in [0.4, 0.5) is 10.1 Å². The highest BCUT2D eigenvalue weighted by Crippen LogP contribution is 2.24. The van der Waals surface area contributed by atoms with E-state index in [1.54, 1.807) is 18.2 Å². The summed E-state index contributed by atoms with van der Waals surface area (Å²) in [7, 11) is -3.98. The van der Waals surface area contributed by atoms with Gasteiger partial charge in [-0.3, -0.25) is 14.4 Å². The first-order valence-electron chi connectivity index (χ1n) is 10.3. The number of Topliss-reactive ketones (excluding diaryl/α,β-unsaturated/α-hetero) is 1. The van der Waals surface area contributed by atoms with Gasteiger partial charge in [0, 0.05) is 5.56 Å². The number of rotatable bonds is 5. The molecule has 2 aromatic carbocycles. The van der Waals surface area contributed by atoms with Crippen LogP contribution in [0.3, 0.4) is 0 Å². The van der Waals surface area contributed by atoms with E-state index in [2.05, 4.69) is 0 Å². The molecule has 1 N–H and O–H groups in total. The number of anilines is 1. The number of sulfonamides is 1. The summed E-state index contributed by atoms with van der Waals surface area (Å²) >= 11 is 0. The average Bonchev–Trinajstić information content (AvgIpc) is 3.08. The molecule has 168 valence electrons. The van der Waals surface area contributed by atoms with Gasteiger partial charge in [-0.1, -0.05) is 24.3 Å². The zero-order valence-electron chi connectivity index (χ0n) is 17.5. The Bertz CT molecular complexity index is 1190. The number of piperazine rings is 1. The molecule has 2 heterocycles. The fourth-order valence-electron chi connectivity index (χ4n) is 4.24. The van der Waals surface area contributed by atoms with Crippen molar-refractivity contribution >= 4 is 33.3 Å². The minimum absolute atomic E-state index is 0.0124. The number of carbonyl (C=O) groups is 3. The summed E-state index contributed by atoms with van der Waals surface area (Å²) in [5.74, 6) is -1.69. The second kappa shape index (κ2) is 8.53. The van der Waals surface area contributed by atoms with E-state index in [-0.39, 0.29) is 42.0 Å². The first kappa shape index (κ1) is 22.3. The second-order valence-corrected chi connectivity index (χ2v) is 9.83. The quantitative estimate of drug-likeness (QED) is 0.510. The van der Waals surface area contributed by atoms with E-state index in [1.807, 2.05) is 0 Å². The van der Waals surface area contributed by atoms with Crippen molar-refractivity contribution in [1.82, 2.24) is 4.31 Å². The molecule has 2 aliphatic rings. The molecule has 2 aromatic rings. The third-order valence-corrected chi connectivity index (χ3v) is 7.90. The Morgan fingerprint density at radius 3 is 2.41 bits per heavy atom. The average molecular weight is 461 g/mol. The van der Waals surface area contributed by atoms with Gasteiger partial charge < -0.3 is 4.90 Å². The van der Waals surface area contributed by atoms with Gasteiger partial charge in [0.05, 0.1) is 38.3 Å². The van der Waals surface area contributed by atoms with Crippen molar-refractivity contribution in [2.45, 2.75) is 24.3 Å². The molecule has 0 aromatic heterocycles. The third-order valence-electron chi connectivity index (χ3n) is 5.97. The minimum Gasteiger partial charge on any atom is -0.322 e. The highest BCUT2D eigenvalue weighted by atomic mass is 32.2. The smallest absolute Gasteiger partial charge is 0.292 e. The van der Waals surface area contributed by atoms with Crippen LogP contribution in [0.15, 0.2) is 53.4 Å². The number of benzene rings is 2. The van der Waals surface area contributed by atoms with Crippen molar-refractivity contribution in [2.75, 3.05) is 31.1 Å². The van der Waals surface area contributed by atoms with Gasteiger partial charge >= 0.3 is 0 Å². The fraction of sp³-hybridized carbons (Fsp3) is 0.318. The third kappa shape index (κ3) is 3.96. The van der Waals surface area contributed by atoms with Crippen LogP contribution < -0.4 is 9.80 Å². The van der Waals surface area contributed by atoms with Gasteiger partial charge in [-0.2, -0.15) is 4.31 Å². The number of hydrogen-bond donors (Lipinski definition) is 1. The van der Waals surface area contributed by atoms with Crippen molar-refractivity contribution in [3.8, 4) is 0 Å². The Morgan fingerprint density at radius 2 is 1.75 bits per heavy atom. The molecule has 32 heavy (non-hydrogen) atoms. The molecule has 0 bridgehead atoms. The van der Waals surface area contributed by atoms with Crippen LogP contribution in [-0.4, -0.2) is 62.5 Å². The molecule has 10 heteroatoms. The van der Waals surface area contributed by atoms with Gasteiger partial charge in [0.15, 0.2) is 11.8 Å². The van der Waals surface area contributed by atoms with Crippen LogP contribution in [0.1, 0.15) is 23.7 Å². The number of nitrogens with one attached hydrogen (secondary N) is 1. The number of imide groups is 1. The van der Waals surface area contributed by atoms with Crippen molar-refractivity contribution in [2.24, 2.45) is 0 Å². The normalized spacial score (nSPS) is 20.7. The highest BCUT2D eigenvalue weighted by molar-refractivity contribution is 7.89. The Balaban J connectivity index is 1.47. The zero-order valence-corrected chi connectivity index (χ0v) is 18.3. The molecule has 0 saturated carbocycles. The van der Waals surface area contributed by atoms with Gasteiger partial charge in [0.2, 0.25) is 15.9 Å². The summed E-state index contributed by atoms with van der Waals surface area (Å²) in [4.78, 5) is 38.9. The van der Waals surface area contributed by atoms with Crippen LogP contribution in [0.2, 0.25) is 0 Å². The summed E-state index contributed by atoms with van der Waals surface area (Å²) in [5.41, 5.74) is 0.765. The molecule has 0 aliphatic carbocycles. The van der Waals surface area contributed by atoms with Crippen LogP contribution >= 0.6 is 0 Å². The Morgan fingerprint density at radius 1 is 1.06 bits per heavy atom. The molecular weight excluding hydrogens is 437 g/mol. The van der Waals surface area contributed by atoms with Crippen molar-refractivity contribution in [3.63, 3.8) is 0 Å². The molecule has 0 unspecified atom stereocenters. The van der Waals surface area contributed by atoms with Crippen molar-refractivity contribution in [1.29, 1.82) is 0 Å². The van der Waals surface area contributed by atoms with Crippen LogP contribution in [-0.2, 0) is 19.6 Å². The SMILES string of the molecule is CC(=O)c1cccc(N2C(=O)C[C@@H]([NH+]3CCN(S(=O)(=O)c4ccccc4F)CC3)C2=O)c1. The summed E-state index contributed by atoms with van der Waals surface area (Å²) in [5, 5.41) is 0. The first-order chi connectivity index (χ1) is 15.2. The minimum atomic E-state index is -3.98. The largest absolute Gasteiger partial charge is 0.322 e. The number of carbonyl (C=O) groups excluding carboxylic acids is 3. The van der Waals surface area contributed by atoms with Crippen molar-refractivity contribution in [3.05, 3.63) is 59.9 Å². The summed E-state index contributed by atoms with van der Waals surface area (Å²) in [6.45, 7) is 2.28. The molecule has 2 aliphatic heterocycles. The van der Waals surface area contributed by atoms with Gasteiger partial charge in [-0.15, -0.1) is 0 Å². The molecule has 2 amide bonds. The Kier molecular flexibility index (Phi) is 5.93. The van der Waals surface area contributed by atoms with E-state index in [9.17, 15) is 27.2 Å². The predicted octanol–water partition coefficient (Wildman–Crippen LogP) is 0.250. The Hall–Kier alpha value is -2.95. The number of quaternary nitrogens is 1. The number of amides is 2. The monoisotopic (exact) mass is 460 g/mol. The molecule has 8 nitrogen and oxygen atoms in total. The maximum absolute atomic E-state index is 14.0. The fourth-order valence-corrected chi connectivity index (χ4v) is 5.75. The lowest BCUT2D eigenvalue weighted by molar-refractivity contribution is -0.918. The van der Waals surface area contributed by atoms with Crippen LogP contribution in [0, 0.1) is 5.82 Å². The summed E-state index contributed by atoms with van der Waals surface area (Å²) in [6.07, 6.45) is 0.0124. The van der Waals surface area contributed by atoms with Gasteiger partial charge in [-0.05, 0) is 31.2 Å². The number of hydrogen-bond acceptors (Lipinski definition) is 5. The number of halogens is 1. The maximum Gasteiger partial charge on any atom is 0.292 e. The Labute approximate surface area is 185 Å². The van der Waals surface area contributed by atoms with E-state index in [0.717, 1.165) is 15.9 Å². The lowest BCUT2D eigenvalue weighted by Crippen LogP contribution is -3.19. The molecule has 2 saturated heterocycles. The maximum atomic E-state index is 14.0. The van der Waals surface area contributed by atoms with Crippen LogP contribution in [0.5, 0.6) is 0 Å². The van der Waals surface area contributed by atoms with E-state index in [1.165, 1.54) is 35.5 Å². The topological polar surface area (TPSA) is 96.3 Å². The standard InChI is InChI=1S/C22H22FN3O5S/c1-15(27)16-5-4-6-17(13-16)26-21(28)14-19(22(26)29)24-9-11-25(12-10-24)32(30,31)20-8-3-2-7-18(20)23/h2-8,13,19H,9-12,14H2,1H3/p+1/t19-/m1/s1. The predicted molar refractivity (Wildman–Crippen MR) is 113 cm³/mol. The molecule has 4 rings (SSSR count). The van der Waals surface area contributed by atoms with E-state index in [4.69, 9.17) is 0 Å². The number of nitrogens with zero attached hydrogens (tertiary/aromatic N) is 2. The second-order valence-electron chi connectivity index (χ2n) is 7.92. The molecule has 2 fully saturated rings. The van der Waals surface area contributed by atoms with E-state index < -0.39 is 21.9 Å². The lowest BCUT2D eigenvalue weighted by atomic mass is 10.1. The summed E-state index contributed by atoms with van der Waals surface area (Å²) < 4.78 is 40.8. The lowest BCUT2D eigenvalue weighted by Gasteiger charge is -2.33. The van der Waals surface area contributed by atoms with Crippen molar-refractivity contribution < 1.29 is 32.1 Å². The van der Waals surface area contributed by atoms with Crippen LogP contribution in [0.25, 0.3) is 0 Å². The molecule has 0 radical (unpaired) electrons. The molecular formula is C22H23FN3O5S+. The highest BCUT2D eigenvalue weighted by Gasteiger charge is 2.47. The first-order valence-corrected chi connectivity index (χ1v) is 11.7. The number of ketones is 1.